The fourth-order valence-electron chi connectivity index (χ4n) is 2.80. The van der Waals surface area contributed by atoms with E-state index in [-0.39, 0.29) is 30.4 Å². The molecule has 22 heavy (non-hydrogen) atoms. The highest BCUT2D eigenvalue weighted by atomic mass is 16.3. The molecule has 5 nitrogen and oxygen atoms in total. The molecule has 2 N–H and O–H groups in total. The fourth-order valence-corrected chi connectivity index (χ4v) is 2.80. The number of nitrogens with one attached hydrogen (secondary N) is 1. The SMILES string of the molecule is CC(C)C(=O)c1ccc(NC(=O)N2CCCC2CCO)cc1. The number of benzene rings is 1. The zero-order valence-electron chi connectivity index (χ0n) is 13.2. The number of ketones is 1. The summed E-state index contributed by atoms with van der Waals surface area (Å²) < 4.78 is 0. The van der Waals surface area contributed by atoms with Crippen LogP contribution in [-0.4, -0.2) is 41.0 Å². The Labute approximate surface area is 131 Å². The van der Waals surface area contributed by atoms with Crippen LogP contribution in [0.2, 0.25) is 0 Å². The van der Waals surface area contributed by atoms with Crippen LogP contribution in [0.15, 0.2) is 24.3 Å². The summed E-state index contributed by atoms with van der Waals surface area (Å²) >= 11 is 0. The molecule has 1 unspecified atom stereocenters. The molecular formula is C17H24N2O3. The molecule has 1 aliphatic heterocycles. The third-order valence-corrected chi connectivity index (χ3v) is 4.05. The molecule has 2 rings (SSSR count). The monoisotopic (exact) mass is 304 g/mol. The van der Waals surface area contributed by atoms with E-state index in [1.54, 1.807) is 29.2 Å². The van der Waals surface area contributed by atoms with E-state index >= 15 is 0 Å². The Hall–Kier alpha value is -1.88. The summed E-state index contributed by atoms with van der Waals surface area (Å²) in [5.74, 6) is 0.0599. The van der Waals surface area contributed by atoms with E-state index in [9.17, 15) is 9.59 Å². The van der Waals surface area contributed by atoms with Crippen molar-refractivity contribution >= 4 is 17.5 Å². The number of Topliss-reactive ketones (excluding diaryl/α,β-unsaturated/α-hetero) is 1. The van der Waals surface area contributed by atoms with Gasteiger partial charge in [-0.25, -0.2) is 4.79 Å². The van der Waals surface area contributed by atoms with Gasteiger partial charge in [-0.3, -0.25) is 4.79 Å². The summed E-state index contributed by atoms with van der Waals surface area (Å²) in [7, 11) is 0. The van der Waals surface area contributed by atoms with Gasteiger partial charge >= 0.3 is 6.03 Å². The van der Waals surface area contributed by atoms with Crippen LogP contribution in [-0.2, 0) is 0 Å². The Morgan fingerprint density at radius 3 is 2.59 bits per heavy atom. The molecule has 1 fully saturated rings. The lowest BCUT2D eigenvalue weighted by Crippen LogP contribution is -2.39. The van der Waals surface area contributed by atoms with Crippen LogP contribution >= 0.6 is 0 Å². The van der Waals surface area contributed by atoms with Crippen molar-refractivity contribution in [2.45, 2.75) is 39.2 Å². The van der Waals surface area contributed by atoms with E-state index in [0.29, 0.717) is 17.7 Å². The van der Waals surface area contributed by atoms with Crippen molar-refractivity contribution in [1.82, 2.24) is 4.90 Å². The van der Waals surface area contributed by atoms with E-state index in [1.165, 1.54) is 0 Å². The lowest BCUT2D eigenvalue weighted by atomic mass is 10.0. The van der Waals surface area contributed by atoms with Gasteiger partial charge in [0.15, 0.2) is 5.78 Å². The number of anilines is 1. The maximum absolute atomic E-state index is 12.3. The smallest absolute Gasteiger partial charge is 0.322 e. The molecule has 0 aromatic heterocycles. The molecule has 2 amide bonds. The average molecular weight is 304 g/mol. The first kappa shape index (κ1) is 16.5. The Morgan fingerprint density at radius 1 is 1.32 bits per heavy atom. The van der Waals surface area contributed by atoms with Gasteiger partial charge in [0.2, 0.25) is 0 Å². The lowest BCUT2D eigenvalue weighted by Gasteiger charge is -2.24. The van der Waals surface area contributed by atoms with Crippen LogP contribution in [0.25, 0.3) is 0 Å². The van der Waals surface area contributed by atoms with Crippen molar-refractivity contribution in [1.29, 1.82) is 0 Å². The van der Waals surface area contributed by atoms with Gasteiger partial charge in [0.25, 0.3) is 0 Å². The van der Waals surface area contributed by atoms with Crippen LogP contribution in [0.3, 0.4) is 0 Å². The van der Waals surface area contributed by atoms with Crippen LogP contribution in [0.1, 0.15) is 43.5 Å². The van der Waals surface area contributed by atoms with Gasteiger partial charge in [0.05, 0.1) is 0 Å². The molecule has 1 saturated heterocycles. The summed E-state index contributed by atoms with van der Waals surface area (Å²) in [5, 5.41) is 11.9. The van der Waals surface area contributed by atoms with Crippen molar-refractivity contribution < 1.29 is 14.7 Å². The van der Waals surface area contributed by atoms with Crippen LogP contribution in [0.4, 0.5) is 10.5 Å². The predicted octanol–water partition coefficient (Wildman–Crippen LogP) is 2.90. The van der Waals surface area contributed by atoms with Crippen molar-refractivity contribution in [2.24, 2.45) is 5.92 Å². The second-order valence-electron chi connectivity index (χ2n) is 6.03. The third-order valence-electron chi connectivity index (χ3n) is 4.05. The highest BCUT2D eigenvalue weighted by Crippen LogP contribution is 2.21. The molecule has 0 saturated carbocycles. The van der Waals surface area contributed by atoms with Gasteiger partial charge < -0.3 is 15.3 Å². The molecule has 0 bridgehead atoms. The average Bonchev–Trinajstić information content (AvgIpc) is 2.96. The zero-order chi connectivity index (χ0) is 16.1. The van der Waals surface area contributed by atoms with Crippen molar-refractivity contribution in [2.75, 3.05) is 18.5 Å². The van der Waals surface area contributed by atoms with Gasteiger partial charge in [0.1, 0.15) is 0 Å². The number of carbonyl (C=O) groups excluding carboxylic acids is 2. The van der Waals surface area contributed by atoms with Crippen LogP contribution in [0, 0.1) is 5.92 Å². The number of aliphatic hydroxyl groups excluding tert-OH is 1. The molecule has 0 radical (unpaired) electrons. The number of carbonyl (C=O) groups is 2. The number of likely N-dealkylation sites (tertiary alicyclic amines) is 1. The van der Waals surface area contributed by atoms with E-state index in [1.807, 2.05) is 13.8 Å². The summed E-state index contributed by atoms with van der Waals surface area (Å²) in [5.41, 5.74) is 1.34. The molecular weight excluding hydrogens is 280 g/mol. The molecule has 0 aliphatic carbocycles. The minimum absolute atomic E-state index is 0.0377. The highest BCUT2D eigenvalue weighted by molar-refractivity contribution is 5.98. The normalized spacial score (nSPS) is 17.8. The summed E-state index contributed by atoms with van der Waals surface area (Å²) in [4.78, 5) is 26.0. The van der Waals surface area contributed by atoms with Crippen LogP contribution in [0.5, 0.6) is 0 Å². The third kappa shape index (κ3) is 3.85. The van der Waals surface area contributed by atoms with Crippen molar-refractivity contribution in [3.8, 4) is 0 Å². The molecule has 120 valence electrons. The quantitative estimate of drug-likeness (QED) is 0.822. The van der Waals surface area contributed by atoms with Gasteiger partial charge in [0, 0.05) is 36.4 Å². The maximum Gasteiger partial charge on any atom is 0.322 e. The van der Waals surface area contributed by atoms with E-state index < -0.39 is 0 Å². The number of aliphatic hydroxyl groups is 1. The van der Waals surface area contributed by atoms with Crippen molar-refractivity contribution in [3.63, 3.8) is 0 Å². The Morgan fingerprint density at radius 2 is 2.00 bits per heavy atom. The fraction of sp³-hybridized carbons (Fsp3) is 0.529. The standard InChI is InChI=1S/C17H24N2O3/c1-12(2)16(21)13-5-7-14(8-6-13)18-17(22)19-10-3-4-15(19)9-11-20/h5-8,12,15,20H,3-4,9-11H2,1-2H3,(H,18,22). The Balaban J connectivity index is 1.98. The van der Waals surface area contributed by atoms with Crippen molar-refractivity contribution in [3.05, 3.63) is 29.8 Å². The number of nitrogens with zero attached hydrogens (tertiary/aromatic N) is 1. The molecule has 1 heterocycles. The molecule has 0 spiro atoms. The highest BCUT2D eigenvalue weighted by Gasteiger charge is 2.28. The molecule has 1 aromatic carbocycles. The first-order chi connectivity index (χ1) is 10.5. The topological polar surface area (TPSA) is 69.6 Å². The molecule has 1 aliphatic rings. The zero-order valence-corrected chi connectivity index (χ0v) is 13.2. The Bertz CT molecular complexity index is 525. The second kappa shape index (κ2) is 7.40. The minimum atomic E-state index is -0.140. The number of amides is 2. The maximum atomic E-state index is 12.3. The number of hydrogen-bond donors (Lipinski definition) is 2. The van der Waals surface area contributed by atoms with Gasteiger partial charge in [-0.15, -0.1) is 0 Å². The summed E-state index contributed by atoms with van der Waals surface area (Å²) in [6.07, 6.45) is 2.53. The van der Waals surface area contributed by atoms with E-state index in [2.05, 4.69) is 5.32 Å². The first-order valence-electron chi connectivity index (χ1n) is 7.85. The molecule has 5 heteroatoms. The van der Waals surface area contributed by atoms with Gasteiger partial charge in [-0.05, 0) is 43.5 Å². The lowest BCUT2D eigenvalue weighted by molar-refractivity contribution is 0.0939. The Kier molecular flexibility index (Phi) is 5.55. The van der Waals surface area contributed by atoms with Gasteiger partial charge in [-0.2, -0.15) is 0 Å². The largest absolute Gasteiger partial charge is 0.396 e. The minimum Gasteiger partial charge on any atom is -0.396 e. The number of rotatable bonds is 5. The summed E-state index contributed by atoms with van der Waals surface area (Å²) in [6, 6.07) is 6.97. The first-order valence-corrected chi connectivity index (χ1v) is 7.85. The second-order valence-corrected chi connectivity index (χ2v) is 6.03. The van der Waals surface area contributed by atoms with E-state index in [0.717, 1.165) is 19.4 Å². The molecule has 1 aromatic rings. The number of hydrogen-bond acceptors (Lipinski definition) is 3. The van der Waals surface area contributed by atoms with E-state index in [4.69, 9.17) is 5.11 Å². The summed E-state index contributed by atoms with van der Waals surface area (Å²) in [6.45, 7) is 4.56. The van der Waals surface area contributed by atoms with Crippen LogP contribution < -0.4 is 5.32 Å². The number of urea groups is 1. The van der Waals surface area contributed by atoms with Gasteiger partial charge in [-0.1, -0.05) is 13.8 Å². The predicted molar refractivity (Wildman–Crippen MR) is 86.1 cm³/mol. The molecule has 1 atom stereocenters.